The molecule has 2 aromatic carbocycles. The molecule has 4 aromatic rings. The van der Waals surface area contributed by atoms with E-state index >= 15 is 0 Å². The Kier molecular flexibility index (Phi) is 6.38. The number of nitrogens with zero attached hydrogens (tertiary/aromatic N) is 2. The Bertz CT molecular complexity index is 1500. The third kappa shape index (κ3) is 5.94. The zero-order chi connectivity index (χ0) is 26.2. The van der Waals surface area contributed by atoms with Crippen LogP contribution in [0, 0.1) is 11.7 Å². The topological polar surface area (TPSA) is 105 Å². The summed E-state index contributed by atoms with van der Waals surface area (Å²) in [5.41, 5.74) is -0.766. The third-order valence-electron chi connectivity index (χ3n) is 5.24. The van der Waals surface area contributed by atoms with Gasteiger partial charge < -0.3 is 15.4 Å². The fourth-order valence-electron chi connectivity index (χ4n) is 3.31. The Labute approximate surface area is 210 Å². The normalized spacial score (nSPS) is 13.3. The molecular weight excluding hydrogens is 514 g/mol. The number of aromatic nitrogens is 2. The van der Waals surface area contributed by atoms with E-state index < -0.39 is 23.7 Å². The number of thiazole rings is 1. The van der Waals surface area contributed by atoms with Gasteiger partial charge in [0.15, 0.2) is 5.13 Å². The highest BCUT2D eigenvalue weighted by Gasteiger charge is 2.32. The number of anilines is 3. The number of ether oxygens (including phenoxy) is 1. The second-order valence-electron chi connectivity index (χ2n) is 8.14. The highest BCUT2D eigenvalue weighted by Crippen LogP contribution is 2.35. The van der Waals surface area contributed by atoms with Gasteiger partial charge >= 0.3 is 12.2 Å². The summed E-state index contributed by atoms with van der Waals surface area (Å²) < 4.78 is 59.3. The van der Waals surface area contributed by atoms with Crippen LogP contribution in [0.4, 0.5) is 39.0 Å². The van der Waals surface area contributed by atoms with Crippen molar-refractivity contribution in [1.82, 2.24) is 9.97 Å². The van der Waals surface area contributed by atoms with Crippen molar-refractivity contribution in [2.45, 2.75) is 19.0 Å². The van der Waals surface area contributed by atoms with Gasteiger partial charge in [-0.2, -0.15) is 13.2 Å². The zero-order valence-corrected chi connectivity index (χ0v) is 19.5. The van der Waals surface area contributed by atoms with Crippen molar-refractivity contribution in [1.29, 1.82) is 0 Å². The van der Waals surface area contributed by atoms with E-state index in [0.29, 0.717) is 16.4 Å². The van der Waals surface area contributed by atoms with Crippen LogP contribution in [0.15, 0.2) is 54.6 Å². The van der Waals surface area contributed by atoms with Gasteiger partial charge in [0.25, 0.3) is 0 Å². The number of carbonyl (C=O) groups excluding carboxylic acids is 2. The summed E-state index contributed by atoms with van der Waals surface area (Å²) in [6, 6.07) is 10.8. The van der Waals surface area contributed by atoms with Crippen LogP contribution in [-0.2, 0) is 11.0 Å². The second-order valence-corrected chi connectivity index (χ2v) is 9.17. The maximum atomic E-state index is 14.3. The lowest BCUT2D eigenvalue weighted by molar-refractivity contribution is -0.141. The summed E-state index contributed by atoms with van der Waals surface area (Å²) in [6.45, 7) is 0. The number of halogens is 4. The highest BCUT2D eigenvalue weighted by atomic mass is 32.1. The van der Waals surface area contributed by atoms with Gasteiger partial charge in [-0.15, -0.1) is 0 Å². The van der Waals surface area contributed by atoms with Crippen LogP contribution >= 0.6 is 11.3 Å². The van der Waals surface area contributed by atoms with Gasteiger partial charge in [0.05, 0.1) is 15.9 Å². The minimum atomic E-state index is -4.68. The average Bonchev–Trinajstić information content (AvgIpc) is 3.61. The van der Waals surface area contributed by atoms with E-state index in [9.17, 15) is 27.2 Å². The van der Waals surface area contributed by atoms with Crippen molar-refractivity contribution in [3.63, 3.8) is 0 Å². The Morgan fingerprint density at radius 3 is 2.46 bits per heavy atom. The van der Waals surface area contributed by atoms with E-state index in [1.54, 1.807) is 18.2 Å². The molecule has 0 spiro atoms. The maximum absolute atomic E-state index is 14.3. The number of fused-ring (bicyclic) bond motifs is 1. The van der Waals surface area contributed by atoms with Crippen LogP contribution in [0.25, 0.3) is 10.2 Å². The van der Waals surface area contributed by atoms with Crippen LogP contribution < -0.4 is 20.7 Å². The smallest absolute Gasteiger partial charge is 0.433 e. The molecule has 0 atom stereocenters. The molecule has 0 saturated heterocycles. The summed E-state index contributed by atoms with van der Waals surface area (Å²) in [7, 11) is 0. The fourth-order valence-corrected chi connectivity index (χ4v) is 4.20. The minimum Gasteiger partial charge on any atom is -0.457 e. The molecule has 0 bridgehead atoms. The maximum Gasteiger partial charge on any atom is 0.433 e. The largest absolute Gasteiger partial charge is 0.457 e. The number of urea groups is 1. The van der Waals surface area contributed by atoms with Crippen molar-refractivity contribution in [2.75, 3.05) is 16.0 Å². The van der Waals surface area contributed by atoms with Crippen LogP contribution in [-0.4, -0.2) is 21.9 Å². The summed E-state index contributed by atoms with van der Waals surface area (Å²) in [4.78, 5) is 31.9. The van der Waals surface area contributed by atoms with E-state index in [1.165, 1.54) is 29.5 Å². The first kappa shape index (κ1) is 24.4. The molecule has 1 aliphatic rings. The number of hydrogen-bond acceptors (Lipinski definition) is 6. The number of amides is 3. The van der Waals surface area contributed by atoms with Crippen molar-refractivity contribution in [2.24, 2.45) is 5.92 Å². The number of hydrogen-bond donors (Lipinski definition) is 3. The van der Waals surface area contributed by atoms with Crippen LogP contribution in [0.5, 0.6) is 11.5 Å². The molecule has 1 fully saturated rings. The molecule has 2 heterocycles. The van der Waals surface area contributed by atoms with Gasteiger partial charge in [0, 0.05) is 18.1 Å². The number of nitrogens with one attached hydrogen (secondary N) is 3. The molecule has 1 aliphatic carbocycles. The summed E-state index contributed by atoms with van der Waals surface area (Å²) >= 11 is 1.29. The third-order valence-corrected chi connectivity index (χ3v) is 6.17. The minimum absolute atomic E-state index is 0.0465. The first-order chi connectivity index (χ1) is 17.6. The van der Waals surface area contributed by atoms with Crippen LogP contribution in [0.2, 0.25) is 0 Å². The molecule has 3 amide bonds. The lowest BCUT2D eigenvalue weighted by Gasteiger charge is -2.12. The Hall–Kier alpha value is -4.26. The van der Waals surface area contributed by atoms with Crippen LogP contribution in [0.3, 0.4) is 0 Å². The van der Waals surface area contributed by atoms with E-state index in [2.05, 4.69) is 25.9 Å². The lowest BCUT2D eigenvalue weighted by Crippen LogP contribution is -2.21. The van der Waals surface area contributed by atoms with Gasteiger partial charge in [-0.1, -0.05) is 17.4 Å². The van der Waals surface area contributed by atoms with Crippen molar-refractivity contribution in [3.05, 3.63) is 66.1 Å². The standard InChI is InChI=1S/C24H17F4N5O3S/c25-15-8-6-13(10-17(15)29-22(35)32-20-3-1-2-19(31-20)24(26,27)28)36-14-7-9-16-18(11-14)37-23(30-16)33-21(34)12-4-5-12/h1-3,6-12H,4-5H2,(H,30,33,34)(H2,29,31,32,35). The van der Waals surface area contributed by atoms with Gasteiger partial charge in [-0.05, 0) is 49.2 Å². The molecule has 0 unspecified atom stereocenters. The Morgan fingerprint density at radius 2 is 1.70 bits per heavy atom. The number of alkyl halides is 3. The number of pyridine rings is 1. The molecule has 190 valence electrons. The molecule has 2 aromatic heterocycles. The Balaban J connectivity index is 1.26. The molecule has 13 heteroatoms. The van der Waals surface area contributed by atoms with E-state index in [1.807, 2.05) is 0 Å². The molecule has 5 rings (SSSR count). The molecule has 0 radical (unpaired) electrons. The first-order valence-corrected chi connectivity index (χ1v) is 11.8. The summed E-state index contributed by atoms with van der Waals surface area (Å²) in [6.07, 6.45) is -2.92. The quantitative estimate of drug-likeness (QED) is 0.242. The summed E-state index contributed by atoms with van der Waals surface area (Å²) in [5, 5.41) is 7.66. The monoisotopic (exact) mass is 531 g/mol. The van der Waals surface area contributed by atoms with Gasteiger partial charge in [0.1, 0.15) is 28.8 Å². The second kappa shape index (κ2) is 9.65. The first-order valence-electron chi connectivity index (χ1n) is 11.0. The zero-order valence-electron chi connectivity index (χ0n) is 18.7. The highest BCUT2D eigenvalue weighted by molar-refractivity contribution is 7.22. The Morgan fingerprint density at radius 1 is 0.946 bits per heavy atom. The van der Waals surface area contributed by atoms with Crippen molar-refractivity contribution >= 4 is 50.1 Å². The fraction of sp³-hybridized carbons (Fsp3) is 0.167. The molecule has 0 aliphatic heterocycles. The number of carbonyl (C=O) groups is 2. The van der Waals surface area contributed by atoms with Crippen molar-refractivity contribution < 1.29 is 31.9 Å². The molecule has 1 saturated carbocycles. The van der Waals surface area contributed by atoms with Crippen LogP contribution in [0.1, 0.15) is 18.5 Å². The SMILES string of the molecule is O=C(Nc1cccc(C(F)(F)F)n1)Nc1cc(Oc2ccc3nc(NC(=O)C4CC4)sc3c2)ccc1F. The predicted octanol–water partition coefficient (Wildman–Crippen LogP) is 6.63. The molecule has 8 nitrogen and oxygen atoms in total. The lowest BCUT2D eigenvalue weighted by atomic mass is 10.2. The molecular formula is C24H17F4N5O3S. The summed E-state index contributed by atoms with van der Waals surface area (Å²) in [5.74, 6) is -0.532. The van der Waals surface area contributed by atoms with E-state index in [-0.39, 0.29) is 29.1 Å². The van der Waals surface area contributed by atoms with E-state index in [4.69, 9.17) is 4.74 Å². The molecule has 3 N–H and O–H groups in total. The molecule has 37 heavy (non-hydrogen) atoms. The van der Waals surface area contributed by atoms with Gasteiger partial charge in [-0.3, -0.25) is 10.1 Å². The number of rotatable bonds is 6. The van der Waals surface area contributed by atoms with E-state index in [0.717, 1.165) is 35.7 Å². The van der Waals surface area contributed by atoms with Gasteiger partial charge in [0.2, 0.25) is 5.91 Å². The van der Waals surface area contributed by atoms with Crippen molar-refractivity contribution in [3.8, 4) is 11.5 Å². The number of benzene rings is 2. The average molecular weight is 531 g/mol. The predicted molar refractivity (Wildman–Crippen MR) is 129 cm³/mol. The van der Waals surface area contributed by atoms with Gasteiger partial charge in [-0.25, -0.2) is 19.2 Å².